The molecule has 11 heteroatoms. The van der Waals surface area contributed by atoms with Crippen molar-refractivity contribution < 1.29 is 26.7 Å². The number of likely N-dealkylation sites (N-methyl/N-ethyl adjacent to an activating group) is 1. The molecule has 0 radical (unpaired) electrons. The number of sulfonamides is 1. The third kappa shape index (κ3) is 6.01. The summed E-state index contributed by atoms with van der Waals surface area (Å²) < 4.78 is 68.1. The molecule has 0 bridgehead atoms. The molecule has 1 aliphatic heterocycles. The molecule has 1 N–H and O–H groups in total. The van der Waals surface area contributed by atoms with Crippen molar-refractivity contribution in [2.45, 2.75) is 35.5 Å². The Hall–Kier alpha value is -2.44. The van der Waals surface area contributed by atoms with Crippen LogP contribution in [0.2, 0.25) is 0 Å². The quantitative estimate of drug-likeness (QED) is 0.444. The van der Waals surface area contributed by atoms with Crippen LogP contribution >= 0.6 is 11.3 Å². The fourth-order valence-corrected chi connectivity index (χ4v) is 7.15. The topological polar surface area (TPSA) is 64.1 Å². The van der Waals surface area contributed by atoms with Crippen LogP contribution in [0.3, 0.4) is 0 Å². The number of halogens is 3. The van der Waals surface area contributed by atoms with Crippen LogP contribution < -0.4 is 4.90 Å². The lowest BCUT2D eigenvalue weighted by Crippen LogP contribution is -2.58. The lowest BCUT2D eigenvalue weighted by molar-refractivity contribution is -0.258. The van der Waals surface area contributed by atoms with E-state index in [9.17, 15) is 26.7 Å². The van der Waals surface area contributed by atoms with Crippen molar-refractivity contribution >= 4 is 27.0 Å². The number of hydrogen-bond acceptors (Lipinski definition) is 6. The number of hydrogen-bond donors (Lipinski definition) is 1. The minimum Gasteiger partial charge on any atom is -0.376 e. The average molecular weight is 554 g/mol. The Morgan fingerprint density at radius 2 is 1.70 bits per heavy atom. The summed E-state index contributed by atoms with van der Waals surface area (Å²) in [6.45, 7) is 2.80. The number of piperazine rings is 1. The Labute approximate surface area is 219 Å². The molecule has 0 saturated carbocycles. The minimum atomic E-state index is -4.81. The van der Waals surface area contributed by atoms with Crippen molar-refractivity contribution in [1.29, 1.82) is 0 Å². The molecule has 2 heterocycles. The van der Waals surface area contributed by atoms with Crippen molar-refractivity contribution in [3.05, 3.63) is 83.2 Å². The van der Waals surface area contributed by atoms with Crippen molar-refractivity contribution in [2.75, 3.05) is 38.1 Å². The second-order valence-electron chi connectivity index (χ2n) is 9.44. The van der Waals surface area contributed by atoms with Crippen molar-refractivity contribution in [3.63, 3.8) is 0 Å². The van der Waals surface area contributed by atoms with Crippen LogP contribution in [0, 0.1) is 0 Å². The molecule has 200 valence electrons. The third-order valence-electron chi connectivity index (χ3n) is 6.67. The predicted octanol–water partition coefficient (Wildman–Crippen LogP) is 4.53. The van der Waals surface area contributed by atoms with Gasteiger partial charge in [-0.05, 0) is 48.7 Å². The summed E-state index contributed by atoms with van der Waals surface area (Å²) in [7, 11) is -1.69. The molecule has 6 nitrogen and oxygen atoms in total. The highest BCUT2D eigenvalue weighted by Crippen LogP contribution is 2.39. The van der Waals surface area contributed by atoms with Crippen LogP contribution in [0.25, 0.3) is 0 Å². The summed E-state index contributed by atoms with van der Waals surface area (Å²) in [5, 5.41) is 11.8. The van der Waals surface area contributed by atoms with Gasteiger partial charge in [-0.2, -0.15) is 17.5 Å². The van der Waals surface area contributed by atoms with Crippen LogP contribution in [0.1, 0.15) is 18.1 Å². The smallest absolute Gasteiger partial charge is 0.376 e. The molecule has 4 rings (SSSR count). The van der Waals surface area contributed by atoms with Gasteiger partial charge in [-0.1, -0.05) is 48.5 Å². The van der Waals surface area contributed by atoms with Gasteiger partial charge in [0.15, 0.2) is 5.60 Å². The molecule has 2 atom stereocenters. The van der Waals surface area contributed by atoms with Gasteiger partial charge < -0.3 is 14.9 Å². The lowest BCUT2D eigenvalue weighted by atomic mass is 9.95. The molecule has 2 aromatic carbocycles. The van der Waals surface area contributed by atoms with Crippen LogP contribution in [0.5, 0.6) is 0 Å². The molecular weight excluding hydrogens is 523 g/mol. The molecule has 1 fully saturated rings. The predicted molar refractivity (Wildman–Crippen MR) is 139 cm³/mol. The zero-order valence-electron chi connectivity index (χ0n) is 20.6. The van der Waals surface area contributed by atoms with E-state index in [0.717, 1.165) is 12.5 Å². The van der Waals surface area contributed by atoms with Crippen LogP contribution in [-0.2, 0) is 22.2 Å². The number of aliphatic hydroxyl groups is 1. The van der Waals surface area contributed by atoms with Gasteiger partial charge in [0.05, 0.1) is 6.04 Å². The van der Waals surface area contributed by atoms with Crippen LogP contribution in [0.15, 0.2) is 76.3 Å². The van der Waals surface area contributed by atoms with Crippen molar-refractivity contribution in [3.8, 4) is 0 Å². The highest BCUT2D eigenvalue weighted by Gasteiger charge is 2.51. The first kappa shape index (κ1) is 27.6. The van der Waals surface area contributed by atoms with E-state index in [2.05, 4.69) is 4.90 Å². The molecule has 0 aliphatic carbocycles. The Bertz CT molecular complexity index is 1270. The second-order valence-corrected chi connectivity index (χ2v) is 12.6. The summed E-state index contributed by atoms with van der Waals surface area (Å²) in [5.74, 6) is 0. The van der Waals surface area contributed by atoms with Gasteiger partial charge in [0.1, 0.15) is 4.21 Å². The molecule has 0 unspecified atom stereocenters. The molecule has 0 amide bonds. The molecule has 1 aromatic heterocycles. The summed E-state index contributed by atoms with van der Waals surface area (Å²) in [5.41, 5.74) is -1.42. The number of benzene rings is 2. The summed E-state index contributed by atoms with van der Waals surface area (Å²) in [6.07, 6.45) is -4.81. The lowest BCUT2D eigenvalue weighted by Gasteiger charge is -2.43. The molecule has 0 spiro atoms. The first-order valence-electron chi connectivity index (χ1n) is 11.8. The van der Waals surface area contributed by atoms with Gasteiger partial charge in [-0.15, -0.1) is 11.3 Å². The van der Waals surface area contributed by atoms with Crippen LogP contribution in [0.4, 0.5) is 18.9 Å². The fraction of sp³-hybridized carbons (Fsp3) is 0.385. The molecule has 3 aromatic rings. The second kappa shape index (κ2) is 10.7. The van der Waals surface area contributed by atoms with E-state index in [0.29, 0.717) is 25.3 Å². The highest BCUT2D eigenvalue weighted by atomic mass is 32.2. The minimum absolute atomic E-state index is 0.237. The third-order valence-corrected chi connectivity index (χ3v) is 9.90. The summed E-state index contributed by atoms with van der Waals surface area (Å²) in [6, 6.07) is 18.6. The molecular formula is C26H30F3N3O3S2. The van der Waals surface area contributed by atoms with Gasteiger partial charge in [0.25, 0.3) is 10.0 Å². The van der Waals surface area contributed by atoms with E-state index in [4.69, 9.17) is 0 Å². The van der Waals surface area contributed by atoms with Gasteiger partial charge in [0, 0.05) is 38.4 Å². The zero-order valence-corrected chi connectivity index (χ0v) is 22.2. The average Bonchev–Trinajstić information content (AvgIpc) is 3.40. The number of nitrogens with zero attached hydrogens (tertiary/aromatic N) is 3. The number of rotatable bonds is 8. The standard InChI is InChI=1S/C26H30F3N3O3S2/c1-25(33,26(27,28)29)21-10-12-22(13-11-21)32-15-14-31(37(34,35)24-9-6-16-36-24)19-23(32)18-30(2)17-20-7-4-3-5-8-20/h3-13,16,23,33H,14-15,17-19H2,1-2H3/t23-,25+/m0/s1. The fourth-order valence-electron chi connectivity index (χ4n) is 4.54. The van der Waals surface area contributed by atoms with Gasteiger partial charge in [0.2, 0.25) is 0 Å². The zero-order chi connectivity index (χ0) is 26.8. The highest BCUT2D eigenvalue weighted by molar-refractivity contribution is 7.91. The Morgan fingerprint density at radius 3 is 2.30 bits per heavy atom. The number of thiophene rings is 1. The maximum Gasteiger partial charge on any atom is 0.421 e. The maximum atomic E-state index is 13.3. The van der Waals surface area contributed by atoms with E-state index in [1.54, 1.807) is 29.6 Å². The van der Waals surface area contributed by atoms with Gasteiger partial charge >= 0.3 is 6.18 Å². The number of anilines is 1. The molecule has 37 heavy (non-hydrogen) atoms. The van der Waals surface area contributed by atoms with E-state index in [1.165, 1.54) is 27.8 Å². The van der Waals surface area contributed by atoms with E-state index < -0.39 is 21.8 Å². The van der Waals surface area contributed by atoms with Gasteiger partial charge in [-0.25, -0.2) is 8.42 Å². The Balaban J connectivity index is 1.58. The monoisotopic (exact) mass is 553 g/mol. The number of alkyl halides is 3. The molecule has 1 aliphatic rings. The Kier molecular flexibility index (Phi) is 8.01. The van der Waals surface area contributed by atoms with E-state index in [-0.39, 0.29) is 28.9 Å². The van der Waals surface area contributed by atoms with E-state index >= 15 is 0 Å². The first-order valence-corrected chi connectivity index (χ1v) is 14.1. The largest absolute Gasteiger partial charge is 0.421 e. The summed E-state index contributed by atoms with van der Waals surface area (Å²) in [4.78, 5) is 4.14. The Morgan fingerprint density at radius 1 is 1.03 bits per heavy atom. The van der Waals surface area contributed by atoms with Crippen LogP contribution in [-0.4, -0.2) is 68.2 Å². The summed E-state index contributed by atoms with van der Waals surface area (Å²) >= 11 is 1.17. The normalized spacial score (nSPS) is 19.2. The maximum absolute atomic E-state index is 13.3. The van der Waals surface area contributed by atoms with E-state index in [1.807, 2.05) is 42.3 Å². The van der Waals surface area contributed by atoms with Crippen molar-refractivity contribution in [2.24, 2.45) is 0 Å². The SMILES string of the molecule is CN(Cc1ccccc1)C[C@H]1CN(S(=O)(=O)c2cccs2)CCN1c1ccc([C@@](C)(O)C(F)(F)F)cc1. The van der Waals surface area contributed by atoms with Crippen molar-refractivity contribution in [1.82, 2.24) is 9.21 Å². The first-order chi connectivity index (χ1) is 17.4. The molecule has 1 saturated heterocycles. The van der Waals surface area contributed by atoms with Gasteiger partial charge in [-0.3, -0.25) is 0 Å².